The van der Waals surface area contributed by atoms with Gasteiger partial charge in [-0.15, -0.1) is 0 Å². The molecule has 0 radical (unpaired) electrons. The highest BCUT2D eigenvalue weighted by Gasteiger charge is 2.25. The number of nitrogens with zero attached hydrogens (tertiary/aromatic N) is 1. The van der Waals surface area contributed by atoms with E-state index >= 15 is 0 Å². The Kier molecular flexibility index (Phi) is 7.26. The highest BCUT2D eigenvalue weighted by molar-refractivity contribution is 4.80. The lowest BCUT2D eigenvalue weighted by Gasteiger charge is -2.38. The van der Waals surface area contributed by atoms with E-state index in [-0.39, 0.29) is 0 Å². The van der Waals surface area contributed by atoms with Crippen LogP contribution in [0.2, 0.25) is 0 Å². The predicted octanol–water partition coefficient (Wildman–Crippen LogP) is 3.93. The van der Waals surface area contributed by atoms with Gasteiger partial charge in [-0.25, -0.2) is 0 Å². The number of rotatable bonds is 2. The van der Waals surface area contributed by atoms with Crippen molar-refractivity contribution in [1.29, 1.82) is 0 Å². The summed E-state index contributed by atoms with van der Waals surface area (Å²) in [6, 6.07) is 1.55. The second kappa shape index (κ2) is 7.28. The quantitative estimate of drug-likeness (QED) is 0.651. The molecule has 14 heavy (non-hydrogen) atoms. The molecule has 1 heteroatoms. The highest BCUT2D eigenvalue weighted by Crippen LogP contribution is 2.28. The SMILES string of the molecule is CC.CC1CCCCC1N(C)C(C)C. The molecule has 1 fully saturated rings. The van der Waals surface area contributed by atoms with Crippen molar-refractivity contribution in [2.45, 2.75) is 72.4 Å². The molecule has 1 nitrogen and oxygen atoms in total. The zero-order valence-electron chi connectivity index (χ0n) is 11.0. The van der Waals surface area contributed by atoms with E-state index in [2.05, 4.69) is 32.7 Å². The molecule has 86 valence electrons. The van der Waals surface area contributed by atoms with Gasteiger partial charge in [0.15, 0.2) is 0 Å². The maximum atomic E-state index is 2.55. The lowest BCUT2D eigenvalue weighted by Crippen LogP contribution is -2.42. The standard InChI is InChI=1S/C11H23N.C2H6/c1-9(2)12(4)11-8-6-5-7-10(11)3;1-2/h9-11H,5-8H2,1-4H3;1-2H3. The molecule has 2 atom stereocenters. The van der Waals surface area contributed by atoms with Crippen molar-refractivity contribution < 1.29 is 0 Å². The molecule has 0 aromatic carbocycles. The van der Waals surface area contributed by atoms with Gasteiger partial charge in [-0.3, -0.25) is 0 Å². The van der Waals surface area contributed by atoms with Gasteiger partial charge in [-0.05, 0) is 39.7 Å². The Bertz CT molecular complexity index is 131. The first-order chi connectivity index (χ1) is 6.63. The third-order valence-electron chi connectivity index (χ3n) is 3.40. The van der Waals surface area contributed by atoms with Crippen LogP contribution in [-0.2, 0) is 0 Å². The van der Waals surface area contributed by atoms with E-state index in [0.717, 1.165) is 12.0 Å². The molecule has 0 aromatic heterocycles. The zero-order valence-corrected chi connectivity index (χ0v) is 11.0. The monoisotopic (exact) mass is 199 g/mol. The minimum absolute atomic E-state index is 0.704. The smallest absolute Gasteiger partial charge is 0.0120 e. The lowest BCUT2D eigenvalue weighted by atomic mass is 9.84. The summed E-state index contributed by atoms with van der Waals surface area (Å²) in [6.07, 6.45) is 5.73. The van der Waals surface area contributed by atoms with Crippen LogP contribution in [-0.4, -0.2) is 24.0 Å². The normalized spacial score (nSPS) is 27.4. The molecular formula is C13H29N. The van der Waals surface area contributed by atoms with Gasteiger partial charge in [0.05, 0.1) is 0 Å². The van der Waals surface area contributed by atoms with Gasteiger partial charge in [0.1, 0.15) is 0 Å². The first kappa shape index (κ1) is 14.0. The summed E-state index contributed by atoms with van der Waals surface area (Å²) in [5.41, 5.74) is 0. The van der Waals surface area contributed by atoms with E-state index in [0.29, 0.717) is 6.04 Å². The third kappa shape index (κ3) is 4.00. The predicted molar refractivity (Wildman–Crippen MR) is 65.7 cm³/mol. The van der Waals surface area contributed by atoms with Crippen LogP contribution in [0.15, 0.2) is 0 Å². The van der Waals surface area contributed by atoms with Crippen LogP contribution < -0.4 is 0 Å². The molecule has 0 aromatic rings. The van der Waals surface area contributed by atoms with Crippen LogP contribution in [0, 0.1) is 5.92 Å². The average Bonchev–Trinajstić information content (AvgIpc) is 2.20. The first-order valence-electron chi connectivity index (χ1n) is 6.35. The minimum atomic E-state index is 0.704. The summed E-state index contributed by atoms with van der Waals surface area (Å²) < 4.78 is 0. The van der Waals surface area contributed by atoms with Crippen LogP contribution in [0.25, 0.3) is 0 Å². The van der Waals surface area contributed by atoms with Gasteiger partial charge in [0.25, 0.3) is 0 Å². The maximum absolute atomic E-state index is 2.55. The Morgan fingerprint density at radius 3 is 2.00 bits per heavy atom. The Labute approximate surface area is 90.9 Å². The van der Waals surface area contributed by atoms with Crippen LogP contribution in [0.3, 0.4) is 0 Å². The molecule has 0 spiro atoms. The first-order valence-corrected chi connectivity index (χ1v) is 6.35. The van der Waals surface area contributed by atoms with Crippen LogP contribution >= 0.6 is 0 Å². The zero-order chi connectivity index (χ0) is 11.1. The molecule has 0 N–H and O–H groups in total. The Balaban J connectivity index is 0.000000791. The van der Waals surface area contributed by atoms with E-state index in [1.807, 2.05) is 13.8 Å². The molecule has 0 saturated heterocycles. The van der Waals surface area contributed by atoms with E-state index in [1.54, 1.807) is 0 Å². The minimum Gasteiger partial charge on any atom is -0.301 e. The summed E-state index contributed by atoms with van der Waals surface area (Å²) in [4.78, 5) is 2.55. The number of hydrogen-bond acceptors (Lipinski definition) is 1. The van der Waals surface area contributed by atoms with Crippen LogP contribution in [0.5, 0.6) is 0 Å². The van der Waals surface area contributed by atoms with E-state index in [9.17, 15) is 0 Å². The van der Waals surface area contributed by atoms with Crippen molar-refractivity contribution in [1.82, 2.24) is 4.90 Å². The molecule has 1 aliphatic carbocycles. The van der Waals surface area contributed by atoms with Gasteiger partial charge in [-0.2, -0.15) is 0 Å². The topological polar surface area (TPSA) is 3.24 Å². The largest absolute Gasteiger partial charge is 0.301 e. The Morgan fingerprint density at radius 1 is 1.07 bits per heavy atom. The van der Waals surface area contributed by atoms with Crippen molar-refractivity contribution in [3.05, 3.63) is 0 Å². The van der Waals surface area contributed by atoms with E-state index < -0.39 is 0 Å². The van der Waals surface area contributed by atoms with Gasteiger partial charge in [-0.1, -0.05) is 33.6 Å². The second-order valence-corrected chi connectivity index (χ2v) is 4.59. The van der Waals surface area contributed by atoms with Gasteiger partial charge < -0.3 is 4.90 Å². The van der Waals surface area contributed by atoms with Crippen molar-refractivity contribution in [3.63, 3.8) is 0 Å². The van der Waals surface area contributed by atoms with Crippen molar-refractivity contribution >= 4 is 0 Å². The second-order valence-electron chi connectivity index (χ2n) is 4.59. The highest BCUT2D eigenvalue weighted by atomic mass is 15.2. The average molecular weight is 199 g/mol. The van der Waals surface area contributed by atoms with Crippen molar-refractivity contribution in [2.24, 2.45) is 5.92 Å². The summed E-state index contributed by atoms with van der Waals surface area (Å²) in [6.45, 7) is 11.0. The molecule has 1 rings (SSSR count). The summed E-state index contributed by atoms with van der Waals surface area (Å²) in [7, 11) is 2.27. The summed E-state index contributed by atoms with van der Waals surface area (Å²) >= 11 is 0. The molecular weight excluding hydrogens is 170 g/mol. The Morgan fingerprint density at radius 2 is 1.57 bits per heavy atom. The molecule has 1 saturated carbocycles. The molecule has 1 aliphatic rings. The summed E-state index contributed by atoms with van der Waals surface area (Å²) in [5, 5.41) is 0. The molecule has 0 bridgehead atoms. The fourth-order valence-corrected chi connectivity index (χ4v) is 2.28. The van der Waals surface area contributed by atoms with E-state index in [1.165, 1.54) is 25.7 Å². The molecule has 0 heterocycles. The number of hydrogen-bond donors (Lipinski definition) is 0. The van der Waals surface area contributed by atoms with Crippen LogP contribution in [0.4, 0.5) is 0 Å². The molecule has 0 aliphatic heterocycles. The Hall–Kier alpha value is -0.0400. The molecule has 0 amide bonds. The summed E-state index contributed by atoms with van der Waals surface area (Å²) in [5.74, 6) is 0.908. The van der Waals surface area contributed by atoms with Gasteiger partial charge >= 0.3 is 0 Å². The fraction of sp³-hybridized carbons (Fsp3) is 1.00. The maximum Gasteiger partial charge on any atom is 0.0120 e. The lowest BCUT2D eigenvalue weighted by molar-refractivity contribution is 0.111. The fourth-order valence-electron chi connectivity index (χ4n) is 2.28. The molecule has 2 unspecified atom stereocenters. The van der Waals surface area contributed by atoms with Gasteiger partial charge in [0.2, 0.25) is 0 Å². The third-order valence-corrected chi connectivity index (χ3v) is 3.40. The van der Waals surface area contributed by atoms with E-state index in [4.69, 9.17) is 0 Å². The van der Waals surface area contributed by atoms with Crippen molar-refractivity contribution in [2.75, 3.05) is 7.05 Å². The van der Waals surface area contributed by atoms with Crippen LogP contribution in [0.1, 0.15) is 60.3 Å². The van der Waals surface area contributed by atoms with Crippen molar-refractivity contribution in [3.8, 4) is 0 Å². The van der Waals surface area contributed by atoms with Gasteiger partial charge in [0, 0.05) is 12.1 Å².